The predicted molar refractivity (Wildman–Crippen MR) is 75.2 cm³/mol. The number of aromatic nitrogens is 2. The highest BCUT2D eigenvalue weighted by Crippen LogP contribution is 2.28. The van der Waals surface area contributed by atoms with Crippen LogP contribution in [0, 0.1) is 0 Å². The number of hydrogen-bond acceptors (Lipinski definition) is 4. The van der Waals surface area contributed by atoms with E-state index in [0.29, 0.717) is 17.6 Å². The van der Waals surface area contributed by atoms with E-state index in [1.165, 1.54) is 0 Å². The van der Waals surface area contributed by atoms with Crippen molar-refractivity contribution in [3.63, 3.8) is 0 Å². The van der Waals surface area contributed by atoms with Crippen LogP contribution >= 0.6 is 0 Å². The molecule has 1 heterocycles. The molecule has 0 radical (unpaired) electrons. The standard InChI is InChI=1S/C14H22N4O/c1-3-5-8-18(11-6-7-11)14(19)12-9-17-13(10-16-12)15-4-2/h9-11H,3-8H2,1-2H3,(H,15,17). The van der Waals surface area contributed by atoms with Gasteiger partial charge in [-0.3, -0.25) is 4.79 Å². The SMILES string of the molecule is CCCCN(C(=O)c1cnc(NCC)cn1)C1CC1. The van der Waals surface area contributed by atoms with Gasteiger partial charge in [-0.1, -0.05) is 13.3 Å². The molecule has 1 amide bonds. The zero-order valence-corrected chi connectivity index (χ0v) is 11.7. The van der Waals surface area contributed by atoms with Crippen molar-refractivity contribution in [3.05, 3.63) is 18.1 Å². The van der Waals surface area contributed by atoms with Crippen molar-refractivity contribution in [1.82, 2.24) is 14.9 Å². The van der Waals surface area contributed by atoms with Gasteiger partial charge in [0.05, 0.1) is 12.4 Å². The van der Waals surface area contributed by atoms with Crippen molar-refractivity contribution < 1.29 is 4.79 Å². The molecule has 1 aromatic rings. The minimum absolute atomic E-state index is 0.0199. The van der Waals surface area contributed by atoms with Crippen LogP contribution in [0.4, 0.5) is 5.82 Å². The molecule has 104 valence electrons. The molecular weight excluding hydrogens is 240 g/mol. The first-order valence-electron chi connectivity index (χ1n) is 7.13. The van der Waals surface area contributed by atoms with Crippen LogP contribution in [0.5, 0.6) is 0 Å². The number of amides is 1. The maximum absolute atomic E-state index is 12.4. The van der Waals surface area contributed by atoms with Crippen LogP contribution in [0.3, 0.4) is 0 Å². The summed E-state index contributed by atoms with van der Waals surface area (Å²) in [7, 11) is 0. The highest BCUT2D eigenvalue weighted by molar-refractivity contribution is 5.92. The molecule has 5 nitrogen and oxygen atoms in total. The Kier molecular flexibility index (Phi) is 4.71. The third-order valence-electron chi connectivity index (χ3n) is 3.23. The zero-order chi connectivity index (χ0) is 13.7. The normalized spacial score (nSPS) is 14.2. The van der Waals surface area contributed by atoms with Crippen LogP contribution in [0.1, 0.15) is 50.0 Å². The number of carbonyl (C=O) groups is 1. The summed E-state index contributed by atoms with van der Waals surface area (Å²) < 4.78 is 0. The minimum Gasteiger partial charge on any atom is -0.369 e. The van der Waals surface area contributed by atoms with Gasteiger partial charge >= 0.3 is 0 Å². The second-order valence-corrected chi connectivity index (χ2v) is 4.90. The minimum atomic E-state index is 0.0199. The maximum atomic E-state index is 12.4. The molecule has 0 saturated heterocycles. The maximum Gasteiger partial charge on any atom is 0.274 e. The van der Waals surface area contributed by atoms with E-state index < -0.39 is 0 Å². The van der Waals surface area contributed by atoms with Crippen LogP contribution in [-0.2, 0) is 0 Å². The summed E-state index contributed by atoms with van der Waals surface area (Å²) in [5.41, 5.74) is 0.449. The Morgan fingerprint density at radius 3 is 2.68 bits per heavy atom. The summed E-state index contributed by atoms with van der Waals surface area (Å²) in [5.74, 6) is 0.733. The van der Waals surface area contributed by atoms with E-state index in [9.17, 15) is 4.79 Å². The van der Waals surface area contributed by atoms with Crippen molar-refractivity contribution in [3.8, 4) is 0 Å². The van der Waals surface area contributed by atoms with E-state index in [1.54, 1.807) is 12.4 Å². The number of nitrogens with one attached hydrogen (secondary N) is 1. The van der Waals surface area contributed by atoms with Crippen molar-refractivity contribution >= 4 is 11.7 Å². The lowest BCUT2D eigenvalue weighted by Crippen LogP contribution is -2.34. The van der Waals surface area contributed by atoms with Gasteiger partial charge in [-0.25, -0.2) is 9.97 Å². The first-order chi connectivity index (χ1) is 9.26. The van der Waals surface area contributed by atoms with E-state index in [4.69, 9.17) is 0 Å². The molecule has 19 heavy (non-hydrogen) atoms. The van der Waals surface area contributed by atoms with Crippen LogP contribution in [0.25, 0.3) is 0 Å². The summed E-state index contributed by atoms with van der Waals surface area (Å²) >= 11 is 0. The predicted octanol–water partition coefficient (Wildman–Crippen LogP) is 2.31. The molecule has 5 heteroatoms. The van der Waals surface area contributed by atoms with Crippen molar-refractivity contribution in [2.75, 3.05) is 18.4 Å². The summed E-state index contributed by atoms with van der Waals surface area (Å²) in [6.07, 6.45) is 7.59. The van der Waals surface area contributed by atoms with Crippen LogP contribution < -0.4 is 5.32 Å². The molecule has 0 aromatic carbocycles. The van der Waals surface area contributed by atoms with Crippen LogP contribution in [0.15, 0.2) is 12.4 Å². The number of anilines is 1. The Morgan fingerprint density at radius 2 is 2.16 bits per heavy atom. The van der Waals surface area contributed by atoms with E-state index >= 15 is 0 Å². The van der Waals surface area contributed by atoms with Gasteiger partial charge in [0.25, 0.3) is 5.91 Å². The summed E-state index contributed by atoms with van der Waals surface area (Å²) in [5, 5.41) is 3.07. The van der Waals surface area contributed by atoms with E-state index in [2.05, 4.69) is 22.2 Å². The molecule has 0 bridgehead atoms. The fourth-order valence-corrected chi connectivity index (χ4v) is 2.02. The Bertz CT molecular complexity index is 414. The first-order valence-corrected chi connectivity index (χ1v) is 7.13. The fourth-order valence-electron chi connectivity index (χ4n) is 2.02. The van der Waals surface area contributed by atoms with Crippen molar-refractivity contribution in [2.24, 2.45) is 0 Å². The van der Waals surface area contributed by atoms with Gasteiger partial charge in [-0.15, -0.1) is 0 Å². The quantitative estimate of drug-likeness (QED) is 0.819. The van der Waals surface area contributed by atoms with E-state index in [1.807, 2.05) is 11.8 Å². The van der Waals surface area contributed by atoms with Crippen LogP contribution in [-0.4, -0.2) is 39.9 Å². The number of hydrogen-bond donors (Lipinski definition) is 1. The second kappa shape index (κ2) is 6.50. The largest absolute Gasteiger partial charge is 0.369 e. The van der Waals surface area contributed by atoms with Gasteiger partial charge < -0.3 is 10.2 Å². The molecule has 1 saturated carbocycles. The second-order valence-electron chi connectivity index (χ2n) is 4.90. The monoisotopic (exact) mass is 262 g/mol. The molecule has 1 aliphatic rings. The van der Waals surface area contributed by atoms with E-state index in [-0.39, 0.29) is 5.91 Å². The molecule has 2 rings (SSSR count). The molecule has 0 aliphatic heterocycles. The topological polar surface area (TPSA) is 58.1 Å². The Labute approximate surface area is 114 Å². The third-order valence-corrected chi connectivity index (χ3v) is 3.23. The summed E-state index contributed by atoms with van der Waals surface area (Å²) in [4.78, 5) is 22.8. The Balaban J connectivity index is 2.03. The molecule has 1 N–H and O–H groups in total. The lowest BCUT2D eigenvalue weighted by atomic mass is 10.3. The Hall–Kier alpha value is -1.65. The Morgan fingerprint density at radius 1 is 1.37 bits per heavy atom. The zero-order valence-electron chi connectivity index (χ0n) is 11.7. The summed E-state index contributed by atoms with van der Waals surface area (Å²) in [6, 6.07) is 0.425. The smallest absolute Gasteiger partial charge is 0.274 e. The molecule has 0 unspecified atom stereocenters. The number of unbranched alkanes of at least 4 members (excludes halogenated alkanes) is 1. The van der Waals surface area contributed by atoms with Crippen LogP contribution in [0.2, 0.25) is 0 Å². The molecular formula is C14H22N4O. The van der Waals surface area contributed by atoms with Crippen molar-refractivity contribution in [2.45, 2.75) is 45.6 Å². The molecule has 0 atom stereocenters. The average Bonchev–Trinajstić information content (AvgIpc) is 3.25. The molecule has 1 aliphatic carbocycles. The molecule has 0 spiro atoms. The summed E-state index contributed by atoms with van der Waals surface area (Å²) in [6.45, 7) is 5.77. The fraction of sp³-hybridized carbons (Fsp3) is 0.643. The van der Waals surface area contributed by atoms with E-state index in [0.717, 1.165) is 38.8 Å². The average molecular weight is 262 g/mol. The molecule has 1 fully saturated rings. The number of rotatable bonds is 7. The highest BCUT2D eigenvalue weighted by atomic mass is 16.2. The van der Waals surface area contributed by atoms with Gasteiger partial charge in [0, 0.05) is 19.1 Å². The third kappa shape index (κ3) is 3.66. The lowest BCUT2D eigenvalue weighted by molar-refractivity contribution is 0.0734. The molecule has 1 aromatic heterocycles. The lowest BCUT2D eigenvalue weighted by Gasteiger charge is -2.21. The van der Waals surface area contributed by atoms with Gasteiger partial charge in [0.2, 0.25) is 0 Å². The first kappa shape index (κ1) is 13.8. The van der Waals surface area contributed by atoms with Gasteiger partial charge in [-0.05, 0) is 26.2 Å². The van der Waals surface area contributed by atoms with Gasteiger partial charge in [-0.2, -0.15) is 0 Å². The number of carbonyl (C=O) groups excluding carboxylic acids is 1. The van der Waals surface area contributed by atoms with Gasteiger partial charge in [0.1, 0.15) is 11.5 Å². The van der Waals surface area contributed by atoms with Gasteiger partial charge in [0.15, 0.2) is 0 Å². The van der Waals surface area contributed by atoms with Crippen molar-refractivity contribution in [1.29, 1.82) is 0 Å². The number of nitrogens with zero attached hydrogens (tertiary/aromatic N) is 3. The highest BCUT2D eigenvalue weighted by Gasteiger charge is 2.33.